The fourth-order valence-electron chi connectivity index (χ4n) is 1.41. The lowest BCUT2D eigenvalue weighted by Gasteiger charge is -2.00. The van der Waals surface area contributed by atoms with Gasteiger partial charge in [-0.2, -0.15) is 0 Å². The van der Waals surface area contributed by atoms with Crippen LogP contribution in [0.3, 0.4) is 0 Å². The van der Waals surface area contributed by atoms with E-state index in [9.17, 15) is 9.18 Å². The summed E-state index contributed by atoms with van der Waals surface area (Å²) in [4.78, 5) is 15.3. The summed E-state index contributed by atoms with van der Waals surface area (Å²) in [5.74, 6) is -1.70. The second kappa shape index (κ2) is 4.43. The predicted molar refractivity (Wildman–Crippen MR) is 64.2 cm³/mol. The molecule has 0 aliphatic heterocycles. The Morgan fingerprint density at radius 1 is 1.53 bits per heavy atom. The van der Waals surface area contributed by atoms with Crippen molar-refractivity contribution >= 4 is 28.9 Å². The predicted octanol–water partition coefficient (Wildman–Crippen LogP) is 3.61. The summed E-state index contributed by atoms with van der Waals surface area (Å²) in [5, 5.41) is 9.61. The number of halogens is 2. The molecule has 2 aromatic rings. The zero-order valence-corrected chi connectivity index (χ0v) is 10.3. The van der Waals surface area contributed by atoms with Crippen LogP contribution in [0.2, 0.25) is 5.02 Å². The zero-order valence-electron chi connectivity index (χ0n) is 8.70. The number of benzene rings is 1. The maximum Gasteiger partial charge on any atom is 0.356 e. The summed E-state index contributed by atoms with van der Waals surface area (Å²) in [6, 6.07) is 4.18. The van der Waals surface area contributed by atoms with Crippen LogP contribution in [0.25, 0.3) is 10.4 Å². The number of rotatable bonds is 2. The monoisotopic (exact) mass is 271 g/mol. The first-order valence-electron chi connectivity index (χ1n) is 4.65. The van der Waals surface area contributed by atoms with E-state index in [2.05, 4.69) is 4.98 Å². The van der Waals surface area contributed by atoms with Crippen LogP contribution in [0.4, 0.5) is 4.39 Å². The molecule has 1 aromatic carbocycles. The van der Waals surface area contributed by atoms with Gasteiger partial charge in [-0.3, -0.25) is 0 Å². The van der Waals surface area contributed by atoms with Gasteiger partial charge in [0.1, 0.15) is 5.82 Å². The number of aromatic nitrogens is 1. The number of aryl methyl sites for hydroxylation is 1. The maximum absolute atomic E-state index is 13.3. The highest BCUT2D eigenvalue weighted by atomic mass is 35.5. The number of carboxylic acids is 1. The van der Waals surface area contributed by atoms with Gasteiger partial charge < -0.3 is 5.11 Å². The highest BCUT2D eigenvalue weighted by Gasteiger charge is 2.18. The number of nitrogens with zero attached hydrogens (tertiary/aromatic N) is 1. The number of hydrogen-bond donors (Lipinski definition) is 1. The Bertz CT molecular complexity index is 597. The fraction of sp³-hybridized carbons (Fsp3) is 0.0909. The molecule has 0 amide bonds. The molecule has 0 atom stereocenters. The van der Waals surface area contributed by atoms with Crippen molar-refractivity contribution in [2.45, 2.75) is 6.92 Å². The van der Waals surface area contributed by atoms with E-state index in [1.807, 2.05) is 0 Å². The third kappa shape index (κ3) is 2.30. The molecule has 0 radical (unpaired) electrons. The van der Waals surface area contributed by atoms with Crippen molar-refractivity contribution in [3.05, 3.63) is 39.7 Å². The van der Waals surface area contributed by atoms with Gasteiger partial charge in [0.05, 0.1) is 14.9 Å². The smallest absolute Gasteiger partial charge is 0.356 e. The number of carbonyl (C=O) groups is 1. The lowest BCUT2D eigenvalue weighted by molar-refractivity contribution is 0.0692. The van der Waals surface area contributed by atoms with Gasteiger partial charge in [0.2, 0.25) is 0 Å². The average Bonchev–Trinajstić information content (AvgIpc) is 2.64. The molecule has 0 saturated carbocycles. The van der Waals surface area contributed by atoms with Crippen LogP contribution in [0.5, 0.6) is 0 Å². The van der Waals surface area contributed by atoms with Gasteiger partial charge in [-0.25, -0.2) is 14.2 Å². The molecular weight excluding hydrogens is 265 g/mol. The van der Waals surface area contributed by atoms with Gasteiger partial charge in [-0.1, -0.05) is 17.7 Å². The molecule has 0 saturated heterocycles. The molecule has 3 nitrogen and oxygen atoms in total. The van der Waals surface area contributed by atoms with E-state index < -0.39 is 11.8 Å². The van der Waals surface area contributed by atoms with E-state index in [1.165, 1.54) is 23.5 Å². The molecule has 2 rings (SSSR count). The lowest BCUT2D eigenvalue weighted by atomic mass is 10.1. The van der Waals surface area contributed by atoms with Gasteiger partial charge >= 0.3 is 5.97 Å². The molecule has 0 spiro atoms. The third-order valence-corrected chi connectivity index (χ3v) is 3.44. The molecular formula is C11H7ClFNO2S. The first-order chi connectivity index (χ1) is 7.99. The van der Waals surface area contributed by atoms with Crippen molar-refractivity contribution in [2.75, 3.05) is 0 Å². The molecule has 1 N–H and O–H groups in total. The van der Waals surface area contributed by atoms with Gasteiger partial charge in [-0.05, 0) is 24.6 Å². The zero-order chi connectivity index (χ0) is 12.6. The number of thiazole rings is 1. The first kappa shape index (κ1) is 12.0. The highest BCUT2D eigenvalue weighted by Crippen LogP contribution is 2.32. The Labute approximate surface area is 106 Å². The minimum absolute atomic E-state index is 0.00635. The van der Waals surface area contributed by atoms with Gasteiger partial charge in [0.15, 0.2) is 5.69 Å². The van der Waals surface area contributed by atoms with Crippen LogP contribution in [-0.2, 0) is 0 Å². The quantitative estimate of drug-likeness (QED) is 0.908. The van der Waals surface area contributed by atoms with E-state index >= 15 is 0 Å². The van der Waals surface area contributed by atoms with Crippen molar-refractivity contribution < 1.29 is 14.3 Å². The molecule has 1 heterocycles. The number of hydrogen-bond acceptors (Lipinski definition) is 3. The third-order valence-electron chi connectivity index (χ3n) is 2.12. The summed E-state index contributed by atoms with van der Waals surface area (Å²) in [6.45, 7) is 1.70. The van der Waals surface area contributed by atoms with Crippen LogP contribution in [0, 0.1) is 12.7 Å². The lowest BCUT2D eigenvalue weighted by Crippen LogP contribution is -1.98. The molecule has 0 aliphatic carbocycles. The molecule has 17 heavy (non-hydrogen) atoms. The number of aromatic carboxylic acids is 1. The van der Waals surface area contributed by atoms with Crippen LogP contribution in [0.1, 0.15) is 15.5 Å². The topological polar surface area (TPSA) is 50.2 Å². The molecule has 88 valence electrons. The average molecular weight is 272 g/mol. The molecule has 0 aliphatic rings. The molecule has 0 bridgehead atoms. The Morgan fingerprint density at radius 3 is 2.82 bits per heavy atom. The van der Waals surface area contributed by atoms with Crippen LogP contribution < -0.4 is 0 Å². The Morgan fingerprint density at radius 2 is 2.24 bits per heavy atom. The van der Waals surface area contributed by atoms with E-state index in [4.69, 9.17) is 16.7 Å². The molecule has 6 heteroatoms. The Balaban J connectivity index is 2.59. The number of carboxylic acid groups (broad SMARTS) is 1. The maximum atomic E-state index is 13.3. The van der Waals surface area contributed by atoms with Crippen molar-refractivity contribution in [3.63, 3.8) is 0 Å². The van der Waals surface area contributed by atoms with Crippen molar-refractivity contribution in [2.24, 2.45) is 0 Å². The second-order valence-electron chi connectivity index (χ2n) is 3.34. The van der Waals surface area contributed by atoms with Gasteiger partial charge in [0, 0.05) is 0 Å². The largest absolute Gasteiger partial charge is 0.476 e. The standard InChI is InChI=1S/C11H7ClFNO2S/c1-5-14-9(11(15)16)10(17-5)6-2-3-7(12)8(13)4-6/h2-4H,1H3,(H,15,16). The summed E-state index contributed by atoms with van der Waals surface area (Å²) in [6.07, 6.45) is 0. The van der Waals surface area contributed by atoms with Crippen molar-refractivity contribution in [1.29, 1.82) is 0 Å². The van der Waals surface area contributed by atoms with Crippen LogP contribution in [-0.4, -0.2) is 16.1 Å². The van der Waals surface area contributed by atoms with E-state index in [0.717, 1.165) is 0 Å². The molecule has 1 aromatic heterocycles. The van der Waals surface area contributed by atoms with Gasteiger partial charge in [0.25, 0.3) is 0 Å². The Kier molecular flexibility index (Phi) is 3.13. The van der Waals surface area contributed by atoms with Crippen LogP contribution in [0.15, 0.2) is 18.2 Å². The van der Waals surface area contributed by atoms with Gasteiger partial charge in [-0.15, -0.1) is 11.3 Å². The minimum atomic E-state index is -1.13. The summed E-state index contributed by atoms with van der Waals surface area (Å²) >= 11 is 6.78. The summed E-state index contributed by atoms with van der Waals surface area (Å²) in [5.41, 5.74) is 0.407. The second-order valence-corrected chi connectivity index (χ2v) is 4.96. The van der Waals surface area contributed by atoms with E-state index in [0.29, 0.717) is 15.4 Å². The summed E-state index contributed by atoms with van der Waals surface area (Å²) in [7, 11) is 0. The minimum Gasteiger partial charge on any atom is -0.476 e. The highest BCUT2D eigenvalue weighted by molar-refractivity contribution is 7.15. The molecule has 0 unspecified atom stereocenters. The van der Waals surface area contributed by atoms with Crippen LogP contribution >= 0.6 is 22.9 Å². The SMILES string of the molecule is Cc1nc(C(=O)O)c(-c2ccc(Cl)c(F)c2)s1. The van der Waals surface area contributed by atoms with E-state index in [-0.39, 0.29) is 10.7 Å². The van der Waals surface area contributed by atoms with Crippen molar-refractivity contribution in [3.8, 4) is 10.4 Å². The van der Waals surface area contributed by atoms with E-state index in [1.54, 1.807) is 13.0 Å². The van der Waals surface area contributed by atoms with Crippen molar-refractivity contribution in [1.82, 2.24) is 4.98 Å². The summed E-state index contributed by atoms with van der Waals surface area (Å²) < 4.78 is 13.3. The Hall–Kier alpha value is -1.46. The first-order valence-corrected chi connectivity index (χ1v) is 5.84. The molecule has 0 fully saturated rings. The fourth-order valence-corrected chi connectivity index (χ4v) is 2.43. The normalized spacial score (nSPS) is 10.5.